The Bertz CT molecular complexity index is 732. The number of carboxylic acids is 1. The van der Waals surface area contributed by atoms with Crippen molar-refractivity contribution in [2.24, 2.45) is 0 Å². The number of hydrogen-bond donors (Lipinski definition) is 1. The SMILES string of the molecule is COc1c(C)cc(C)c(C=CC(C)=CC=CC(C)=CC(=O)O)c1C. The van der Waals surface area contributed by atoms with Gasteiger partial charge in [-0.25, -0.2) is 4.79 Å². The molecule has 24 heavy (non-hydrogen) atoms. The number of hydrogen-bond acceptors (Lipinski definition) is 2. The van der Waals surface area contributed by atoms with Gasteiger partial charge in [0.15, 0.2) is 0 Å². The van der Waals surface area contributed by atoms with Crippen LogP contribution in [0.25, 0.3) is 6.08 Å². The number of rotatable bonds is 6. The molecule has 0 saturated heterocycles. The van der Waals surface area contributed by atoms with E-state index in [0.717, 1.165) is 28.0 Å². The molecule has 3 heteroatoms. The highest BCUT2D eigenvalue weighted by Crippen LogP contribution is 2.29. The number of ether oxygens (including phenoxy) is 1. The zero-order chi connectivity index (χ0) is 18.3. The van der Waals surface area contributed by atoms with Crippen molar-refractivity contribution >= 4 is 12.0 Å². The summed E-state index contributed by atoms with van der Waals surface area (Å²) in [4.78, 5) is 10.6. The summed E-state index contributed by atoms with van der Waals surface area (Å²) in [5.74, 6) is -0.00627. The second-order valence-corrected chi connectivity index (χ2v) is 5.91. The van der Waals surface area contributed by atoms with E-state index in [-0.39, 0.29) is 0 Å². The summed E-state index contributed by atoms with van der Waals surface area (Å²) in [6.45, 7) is 9.98. The average molecular weight is 326 g/mol. The van der Waals surface area contributed by atoms with Gasteiger partial charge in [0.25, 0.3) is 0 Å². The lowest BCUT2D eigenvalue weighted by molar-refractivity contribution is -0.131. The van der Waals surface area contributed by atoms with Crippen molar-refractivity contribution in [2.45, 2.75) is 34.6 Å². The Morgan fingerprint density at radius 3 is 2.33 bits per heavy atom. The Hall–Kier alpha value is -2.55. The first-order chi connectivity index (χ1) is 11.3. The second kappa shape index (κ2) is 8.92. The molecule has 0 radical (unpaired) electrons. The number of benzene rings is 1. The number of allylic oxidation sites excluding steroid dienone is 6. The number of carboxylic acid groups (broad SMARTS) is 1. The lowest BCUT2D eigenvalue weighted by Crippen LogP contribution is -1.96. The average Bonchev–Trinajstić information content (AvgIpc) is 2.46. The van der Waals surface area contributed by atoms with E-state index in [1.54, 1.807) is 20.1 Å². The molecule has 1 aromatic carbocycles. The highest BCUT2D eigenvalue weighted by molar-refractivity contribution is 5.81. The monoisotopic (exact) mass is 326 g/mol. The van der Waals surface area contributed by atoms with E-state index in [9.17, 15) is 4.79 Å². The number of aryl methyl sites for hydroxylation is 2. The van der Waals surface area contributed by atoms with Gasteiger partial charge in [-0.05, 0) is 62.4 Å². The zero-order valence-electron chi connectivity index (χ0n) is 15.3. The van der Waals surface area contributed by atoms with Gasteiger partial charge < -0.3 is 9.84 Å². The number of aliphatic carboxylic acids is 1. The summed E-state index contributed by atoms with van der Waals surface area (Å²) in [7, 11) is 1.70. The molecule has 0 fully saturated rings. The van der Waals surface area contributed by atoms with Gasteiger partial charge in [-0.1, -0.05) is 42.0 Å². The van der Waals surface area contributed by atoms with Crippen LogP contribution in [0, 0.1) is 20.8 Å². The Morgan fingerprint density at radius 1 is 1.08 bits per heavy atom. The van der Waals surface area contributed by atoms with Crippen LogP contribution >= 0.6 is 0 Å². The second-order valence-electron chi connectivity index (χ2n) is 5.91. The van der Waals surface area contributed by atoms with Gasteiger partial charge in [-0.2, -0.15) is 0 Å². The molecule has 0 amide bonds. The van der Waals surface area contributed by atoms with Crippen molar-refractivity contribution in [1.82, 2.24) is 0 Å². The molecule has 3 nitrogen and oxygen atoms in total. The maximum Gasteiger partial charge on any atom is 0.328 e. The maximum absolute atomic E-state index is 10.6. The van der Waals surface area contributed by atoms with Crippen molar-refractivity contribution in [3.8, 4) is 5.75 Å². The third-order valence-electron chi connectivity index (χ3n) is 3.75. The lowest BCUT2D eigenvalue weighted by atomic mass is 9.97. The van der Waals surface area contributed by atoms with Crippen molar-refractivity contribution in [3.05, 3.63) is 69.8 Å². The normalized spacial score (nSPS) is 13.1. The van der Waals surface area contributed by atoms with Crippen molar-refractivity contribution in [2.75, 3.05) is 7.11 Å². The van der Waals surface area contributed by atoms with Gasteiger partial charge in [0.05, 0.1) is 7.11 Å². The molecule has 1 aromatic rings. The highest BCUT2D eigenvalue weighted by Gasteiger charge is 2.09. The van der Waals surface area contributed by atoms with Crippen LogP contribution in [-0.2, 0) is 4.79 Å². The van der Waals surface area contributed by atoms with E-state index in [1.807, 2.05) is 25.2 Å². The molecular weight excluding hydrogens is 300 g/mol. The van der Waals surface area contributed by atoms with E-state index in [0.29, 0.717) is 5.57 Å². The minimum absolute atomic E-state index is 0.700. The van der Waals surface area contributed by atoms with E-state index < -0.39 is 5.97 Å². The third kappa shape index (κ3) is 5.58. The van der Waals surface area contributed by atoms with Gasteiger partial charge in [0.2, 0.25) is 0 Å². The molecule has 0 spiro atoms. The standard InChI is InChI=1S/C21H26O3/c1-14(8-7-9-15(2)12-20(22)23)10-11-19-16(3)13-17(4)21(24-6)18(19)5/h7-13H,1-6H3,(H,22,23). The molecule has 0 bridgehead atoms. The van der Waals surface area contributed by atoms with Crippen LogP contribution in [0.3, 0.4) is 0 Å². The van der Waals surface area contributed by atoms with Gasteiger partial charge in [0.1, 0.15) is 5.75 Å². The van der Waals surface area contributed by atoms with E-state index in [2.05, 4.69) is 32.9 Å². The predicted octanol–water partition coefficient (Wildman–Crippen LogP) is 5.17. The topological polar surface area (TPSA) is 46.5 Å². The van der Waals surface area contributed by atoms with Crippen molar-refractivity contribution in [3.63, 3.8) is 0 Å². The molecule has 0 atom stereocenters. The molecule has 0 aliphatic carbocycles. The fraction of sp³-hybridized carbons (Fsp3) is 0.286. The molecule has 0 aliphatic heterocycles. The number of carbonyl (C=O) groups is 1. The fourth-order valence-electron chi connectivity index (χ4n) is 2.62. The van der Waals surface area contributed by atoms with Crippen LogP contribution < -0.4 is 4.74 Å². The van der Waals surface area contributed by atoms with Crippen molar-refractivity contribution < 1.29 is 14.6 Å². The van der Waals surface area contributed by atoms with E-state index >= 15 is 0 Å². The van der Waals surface area contributed by atoms with Gasteiger partial charge in [-0.3, -0.25) is 0 Å². The Kier molecular flexibility index (Phi) is 7.25. The molecule has 1 N–H and O–H groups in total. The highest BCUT2D eigenvalue weighted by atomic mass is 16.5. The minimum atomic E-state index is -0.933. The molecule has 128 valence electrons. The first kappa shape index (κ1) is 19.5. The summed E-state index contributed by atoms with van der Waals surface area (Å²) in [6.07, 6.45) is 10.9. The third-order valence-corrected chi connectivity index (χ3v) is 3.75. The predicted molar refractivity (Wildman–Crippen MR) is 101 cm³/mol. The van der Waals surface area contributed by atoms with Crippen LogP contribution in [0.4, 0.5) is 0 Å². The molecular formula is C21H26O3. The summed E-state index contributed by atoms with van der Waals surface area (Å²) in [6, 6.07) is 2.13. The molecule has 0 saturated carbocycles. The minimum Gasteiger partial charge on any atom is -0.496 e. The summed E-state index contributed by atoms with van der Waals surface area (Å²) >= 11 is 0. The Balaban J connectivity index is 2.99. The van der Waals surface area contributed by atoms with E-state index in [1.165, 1.54) is 11.6 Å². The Morgan fingerprint density at radius 2 is 1.75 bits per heavy atom. The number of methoxy groups -OCH3 is 1. The van der Waals surface area contributed by atoms with Crippen LogP contribution in [-0.4, -0.2) is 18.2 Å². The molecule has 0 unspecified atom stereocenters. The van der Waals surface area contributed by atoms with Gasteiger partial charge in [-0.15, -0.1) is 0 Å². The fourth-order valence-corrected chi connectivity index (χ4v) is 2.62. The molecule has 0 heterocycles. The van der Waals surface area contributed by atoms with Gasteiger partial charge >= 0.3 is 5.97 Å². The van der Waals surface area contributed by atoms with Crippen molar-refractivity contribution in [1.29, 1.82) is 0 Å². The summed E-state index contributed by atoms with van der Waals surface area (Å²) in [5.41, 5.74) is 6.43. The largest absolute Gasteiger partial charge is 0.496 e. The van der Waals surface area contributed by atoms with E-state index in [4.69, 9.17) is 9.84 Å². The zero-order valence-corrected chi connectivity index (χ0v) is 15.3. The Labute approximate surface area is 144 Å². The smallest absolute Gasteiger partial charge is 0.328 e. The first-order valence-corrected chi connectivity index (χ1v) is 7.85. The van der Waals surface area contributed by atoms with Crippen LogP contribution in [0.1, 0.15) is 36.1 Å². The van der Waals surface area contributed by atoms with Crippen LogP contribution in [0.5, 0.6) is 5.75 Å². The summed E-state index contributed by atoms with van der Waals surface area (Å²) in [5, 5.41) is 8.67. The quantitative estimate of drug-likeness (QED) is 0.579. The molecule has 0 aliphatic rings. The molecule has 0 aromatic heterocycles. The van der Waals surface area contributed by atoms with Crippen LogP contribution in [0.2, 0.25) is 0 Å². The summed E-state index contributed by atoms with van der Waals surface area (Å²) < 4.78 is 5.49. The molecule has 1 rings (SSSR count). The van der Waals surface area contributed by atoms with Gasteiger partial charge in [0, 0.05) is 6.08 Å². The first-order valence-electron chi connectivity index (χ1n) is 7.85. The van der Waals surface area contributed by atoms with Crippen LogP contribution in [0.15, 0.2) is 47.6 Å². The maximum atomic E-state index is 10.6. The lowest BCUT2D eigenvalue weighted by Gasteiger charge is -2.14.